The van der Waals surface area contributed by atoms with Gasteiger partial charge in [0.15, 0.2) is 0 Å². The molecule has 5 heterocycles. The van der Waals surface area contributed by atoms with Crippen molar-refractivity contribution in [3.05, 3.63) is 68.3 Å². The van der Waals surface area contributed by atoms with Crippen molar-refractivity contribution in [2.45, 2.75) is 25.3 Å². The number of aromatic nitrogens is 1. The Morgan fingerprint density at radius 3 is 2.96 bits per heavy atom. The molecular weight excluding hydrogens is 374 g/mol. The fourth-order valence-corrected chi connectivity index (χ4v) is 5.97. The Labute approximate surface area is 167 Å². The number of thiophene rings is 2. The highest BCUT2D eigenvalue weighted by Crippen LogP contribution is 2.46. The maximum Gasteiger partial charge on any atom is 0.259 e. The molecule has 0 aromatic carbocycles. The van der Waals surface area contributed by atoms with Gasteiger partial charge in [0.05, 0.1) is 16.9 Å². The van der Waals surface area contributed by atoms with Crippen LogP contribution in [0.2, 0.25) is 0 Å². The second-order valence-electron chi connectivity index (χ2n) is 7.54. The summed E-state index contributed by atoms with van der Waals surface area (Å²) < 4.78 is 0. The third-order valence-corrected chi connectivity index (χ3v) is 7.51. The fraction of sp³-hybridized carbons (Fsp3) is 0.333. The van der Waals surface area contributed by atoms with Crippen molar-refractivity contribution in [1.82, 2.24) is 9.88 Å². The summed E-state index contributed by atoms with van der Waals surface area (Å²) in [6.07, 6.45) is 2.92. The van der Waals surface area contributed by atoms with Crippen LogP contribution in [0.4, 0.5) is 5.69 Å². The first-order chi connectivity index (χ1) is 13.2. The van der Waals surface area contributed by atoms with Gasteiger partial charge < -0.3 is 4.90 Å². The Bertz CT molecular complexity index is 981. The van der Waals surface area contributed by atoms with E-state index in [1.165, 1.54) is 10.4 Å². The quantitative estimate of drug-likeness (QED) is 0.663. The summed E-state index contributed by atoms with van der Waals surface area (Å²) in [5, 5.41) is 6.07. The summed E-state index contributed by atoms with van der Waals surface area (Å²) in [7, 11) is 0. The van der Waals surface area contributed by atoms with Crippen molar-refractivity contribution >= 4 is 34.3 Å². The lowest BCUT2D eigenvalue weighted by Gasteiger charge is -2.25. The average molecular weight is 396 g/mol. The van der Waals surface area contributed by atoms with E-state index in [1.807, 2.05) is 51.4 Å². The molecule has 6 heteroatoms. The summed E-state index contributed by atoms with van der Waals surface area (Å²) in [4.78, 5) is 23.7. The smallest absolute Gasteiger partial charge is 0.259 e. The first-order valence-corrected chi connectivity index (χ1v) is 11.0. The lowest BCUT2D eigenvalue weighted by atomic mass is 9.85. The molecule has 0 N–H and O–H groups in total. The van der Waals surface area contributed by atoms with Crippen LogP contribution >= 0.6 is 22.7 Å². The predicted octanol–water partition coefficient (Wildman–Crippen LogP) is 4.32. The van der Waals surface area contributed by atoms with E-state index < -0.39 is 0 Å². The average Bonchev–Trinajstić information content (AvgIpc) is 3.46. The second-order valence-corrected chi connectivity index (χ2v) is 9.32. The summed E-state index contributed by atoms with van der Waals surface area (Å²) in [5.41, 5.74) is 4.19. The van der Waals surface area contributed by atoms with Crippen molar-refractivity contribution < 1.29 is 4.79 Å². The fourth-order valence-electron chi connectivity index (χ4n) is 4.39. The number of aryl methyl sites for hydroxylation is 1. The van der Waals surface area contributed by atoms with Crippen LogP contribution in [0.1, 0.15) is 32.9 Å². The van der Waals surface area contributed by atoms with Crippen molar-refractivity contribution in [2.24, 2.45) is 0 Å². The zero-order chi connectivity index (χ0) is 18.4. The highest BCUT2D eigenvalue weighted by molar-refractivity contribution is 7.10. The van der Waals surface area contributed by atoms with Crippen molar-refractivity contribution in [3.8, 4) is 0 Å². The van der Waals surface area contributed by atoms with E-state index in [1.54, 1.807) is 11.3 Å². The maximum absolute atomic E-state index is 13.1. The molecule has 138 valence electrons. The van der Waals surface area contributed by atoms with Gasteiger partial charge in [0.1, 0.15) is 0 Å². The molecule has 0 aliphatic carbocycles. The third kappa shape index (κ3) is 2.83. The summed E-state index contributed by atoms with van der Waals surface area (Å²) in [6.45, 7) is 5.92. The van der Waals surface area contributed by atoms with E-state index in [9.17, 15) is 4.79 Å². The first kappa shape index (κ1) is 17.1. The summed E-state index contributed by atoms with van der Waals surface area (Å²) >= 11 is 3.40. The molecule has 2 aliphatic rings. The number of rotatable bonds is 3. The van der Waals surface area contributed by atoms with Gasteiger partial charge in [-0.25, -0.2) is 0 Å². The van der Waals surface area contributed by atoms with Gasteiger partial charge in [-0.15, -0.1) is 11.3 Å². The molecule has 0 saturated carbocycles. The van der Waals surface area contributed by atoms with Crippen LogP contribution in [0.3, 0.4) is 0 Å². The maximum atomic E-state index is 13.1. The monoisotopic (exact) mass is 395 g/mol. The van der Waals surface area contributed by atoms with E-state index in [-0.39, 0.29) is 11.3 Å². The Hall–Kier alpha value is -2.02. The van der Waals surface area contributed by atoms with Crippen molar-refractivity contribution in [2.75, 3.05) is 24.5 Å². The minimum atomic E-state index is -0.0482. The number of hydrogen-bond acceptors (Lipinski definition) is 5. The zero-order valence-corrected chi connectivity index (χ0v) is 16.9. The second kappa shape index (κ2) is 6.55. The van der Waals surface area contributed by atoms with E-state index in [0.29, 0.717) is 0 Å². The van der Waals surface area contributed by atoms with Gasteiger partial charge in [0.25, 0.3) is 5.91 Å². The predicted molar refractivity (Wildman–Crippen MR) is 111 cm³/mol. The van der Waals surface area contributed by atoms with E-state index in [4.69, 9.17) is 4.98 Å². The number of amides is 1. The number of likely N-dealkylation sites (tertiary alicyclic amines) is 1. The molecule has 0 bridgehead atoms. The summed E-state index contributed by atoms with van der Waals surface area (Å²) in [6, 6.07) is 8.09. The minimum absolute atomic E-state index is 0.0482. The number of carbonyl (C=O) groups excluding carboxylic acids is 1. The largest absolute Gasteiger partial charge is 0.305 e. The van der Waals surface area contributed by atoms with Gasteiger partial charge in [-0.2, -0.15) is 11.3 Å². The molecule has 1 amide bonds. The Kier molecular flexibility index (Phi) is 4.15. The highest BCUT2D eigenvalue weighted by atomic mass is 32.1. The van der Waals surface area contributed by atoms with Gasteiger partial charge >= 0.3 is 0 Å². The van der Waals surface area contributed by atoms with Crippen LogP contribution in [0.5, 0.6) is 0 Å². The van der Waals surface area contributed by atoms with Crippen LogP contribution < -0.4 is 4.90 Å². The molecule has 5 rings (SSSR count). The van der Waals surface area contributed by atoms with Gasteiger partial charge in [-0.3, -0.25) is 14.7 Å². The molecular formula is C21H21N3OS2. The molecule has 0 radical (unpaired) electrons. The lowest BCUT2D eigenvalue weighted by molar-refractivity contribution is 0.0985. The van der Waals surface area contributed by atoms with Crippen LogP contribution in [-0.4, -0.2) is 35.4 Å². The molecule has 3 aromatic heterocycles. The van der Waals surface area contributed by atoms with E-state index in [0.717, 1.165) is 49.5 Å². The number of hydrogen-bond donors (Lipinski definition) is 0. The number of fused-ring (bicyclic) bond motifs is 2. The third-order valence-electron chi connectivity index (χ3n) is 5.82. The standard InChI is InChI=1S/C21H21N3OS2/c1-15-4-10-27-18(15)11-23-8-6-21(13-23)14-24(17-3-2-7-22-19(17)21)20(25)16-5-9-26-12-16/h2-5,7,9-10,12H,6,8,11,13-14H2,1H3/t21-/m0/s1. The van der Waals surface area contributed by atoms with Crippen molar-refractivity contribution in [3.63, 3.8) is 0 Å². The van der Waals surface area contributed by atoms with Crippen LogP contribution in [0.25, 0.3) is 0 Å². The van der Waals surface area contributed by atoms with Gasteiger partial charge in [0.2, 0.25) is 0 Å². The minimum Gasteiger partial charge on any atom is -0.305 e. The normalized spacial score (nSPS) is 21.9. The number of pyridine rings is 1. The van der Waals surface area contributed by atoms with Gasteiger partial charge in [0, 0.05) is 41.5 Å². The Morgan fingerprint density at radius 1 is 1.26 bits per heavy atom. The molecule has 1 spiro atoms. The van der Waals surface area contributed by atoms with Crippen LogP contribution in [0, 0.1) is 6.92 Å². The Morgan fingerprint density at radius 2 is 2.19 bits per heavy atom. The molecule has 3 aromatic rings. The number of carbonyl (C=O) groups is 1. The van der Waals surface area contributed by atoms with Crippen molar-refractivity contribution in [1.29, 1.82) is 0 Å². The van der Waals surface area contributed by atoms with Gasteiger partial charge in [-0.05, 0) is 60.5 Å². The molecule has 27 heavy (non-hydrogen) atoms. The van der Waals surface area contributed by atoms with Crippen LogP contribution in [0.15, 0.2) is 46.6 Å². The Balaban J connectivity index is 1.44. The molecule has 2 aliphatic heterocycles. The molecule has 0 unspecified atom stereocenters. The molecule has 1 saturated heterocycles. The molecule has 1 atom stereocenters. The lowest BCUT2D eigenvalue weighted by Crippen LogP contribution is -2.39. The summed E-state index contributed by atoms with van der Waals surface area (Å²) in [5.74, 6) is 0.0925. The van der Waals surface area contributed by atoms with Gasteiger partial charge in [-0.1, -0.05) is 0 Å². The van der Waals surface area contributed by atoms with Crippen LogP contribution in [-0.2, 0) is 12.0 Å². The molecule has 4 nitrogen and oxygen atoms in total. The topological polar surface area (TPSA) is 36.4 Å². The van der Waals surface area contributed by atoms with E-state index in [2.05, 4.69) is 23.3 Å². The number of nitrogens with zero attached hydrogens (tertiary/aromatic N) is 3. The van der Waals surface area contributed by atoms with E-state index >= 15 is 0 Å². The first-order valence-electron chi connectivity index (χ1n) is 9.21. The molecule has 1 fully saturated rings. The zero-order valence-electron chi connectivity index (χ0n) is 15.2. The highest BCUT2D eigenvalue weighted by Gasteiger charge is 2.50. The SMILES string of the molecule is Cc1ccsc1CN1CC[C@]2(C1)CN(C(=O)c1ccsc1)c1cccnc12. The number of anilines is 1.